The zero-order valence-corrected chi connectivity index (χ0v) is 20.6. The molecule has 0 saturated heterocycles. The number of benzene rings is 2. The molecule has 0 aliphatic heterocycles. The third kappa shape index (κ3) is 8.94. The van der Waals surface area contributed by atoms with E-state index in [0.29, 0.717) is 30.4 Å². The summed E-state index contributed by atoms with van der Waals surface area (Å²) in [7, 11) is 4.50. The van der Waals surface area contributed by atoms with Gasteiger partial charge in [-0.25, -0.2) is 4.79 Å². The van der Waals surface area contributed by atoms with E-state index >= 15 is 0 Å². The maximum absolute atomic E-state index is 12.5. The quantitative estimate of drug-likeness (QED) is 0.429. The molecule has 0 spiro atoms. The number of alkyl carbamates (subject to hydrolysis) is 1. The molecule has 0 bridgehead atoms. The second-order valence-electron chi connectivity index (χ2n) is 8.41. The highest BCUT2D eigenvalue weighted by atomic mass is 16.5. The van der Waals surface area contributed by atoms with Crippen molar-refractivity contribution in [1.82, 2.24) is 10.6 Å². The van der Waals surface area contributed by atoms with E-state index in [-0.39, 0.29) is 18.6 Å². The maximum atomic E-state index is 12.5. The summed E-state index contributed by atoms with van der Waals surface area (Å²) in [6.07, 6.45) is 0.614. The Hall–Kier alpha value is -3.26. The van der Waals surface area contributed by atoms with Gasteiger partial charge in [-0.15, -0.1) is 0 Å². The number of amides is 1. The van der Waals surface area contributed by atoms with Gasteiger partial charge in [0.15, 0.2) is 11.5 Å². The number of ether oxygens (including phenoxy) is 4. The lowest BCUT2D eigenvalue weighted by atomic mass is 10.0. The molecule has 0 unspecified atom stereocenters. The molecule has 0 fully saturated rings. The highest BCUT2D eigenvalue weighted by molar-refractivity contribution is 5.76. The third-order valence-corrected chi connectivity index (χ3v) is 5.27. The average molecular weight is 473 g/mol. The molecule has 34 heavy (non-hydrogen) atoms. The summed E-state index contributed by atoms with van der Waals surface area (Å²) in [6, 6.07) is 14.2. The molecule has 2 rings (SSSR count). The van der Waals surface area contributed by atoms with Gasteiger partial charge in [0.25, 0.3) is 0 Å². The van der Waals surface area contributed by atoms with Gasteiger partial charge in [-0.05, 0) is 42.0 Å². The lowest BCUT2D eigenvalue weighted by Gasteiger charge is -2.24. The largest absolute Gasteiger partial charge is 0.493 e. The molecule has 0 radical (unpaired) electrons. The third-order valence-electron chi connectivity index (χ3n) is 5.27. The molecular weight excluding hydrogens is 436 g/mol. The van der Waals surface area contributed by atoms with Crippen LogP contribution in [0.1, 0.15) is 31.4 Å². The number of rotatable bonds is 13. The SMILES string of the molecule is COC(=O)[C@H](Cc1ccc(OC)c(OC)c1)NC[C@H](CC(C)C)NC(=O)OCc1ccccc1. The smallest absolute Gasteiger partial charge is 0.407 e. The second-order valence-corrected chi connectivity index (χ2v) is 8.41. The maximum Gasteiger partial charge on any atom is 0.407 e. The minimum absolute atomic E-state index is 0.193. The van der Waals surface area contributed by atoms with Crippen molar-refractivity contribution in [3.05, 3.63) is 59.7 Å². The number of hydrogen-bond donors (Lipinski definition) is 2. The van der Waals surface area contributed by atoms with Crippen LogP contribution in [0.25, 0.3) is 0 Å². The molecule has 8 nitrogen and oxygen atoms in total. The van der Waals surface area contributed by atoms with Crippen molar-refractivity contribution in [2.75, 3.05) is 27.9 Å². The molecule has 8 heteroatoms. The van der Waals surface area contributed by atoms with Crippen LogP contribution >= 0.6 is 0 Å². The summed E-state index contributed by atoms with van der Waals surface area (Å²) in [5.74, 6) is 1.15. The van der Waals surface area contributed by atoms with Gasteiger partial charge in [-0.2, -0.15) is 0 Å². The van der Waals surface area contributed by atoms with E-state index in [9.17, 15) is 9.59 Å². The van der Waals surface area contributed by atoms with Gasteiger partial charge in [0, 0.05) is 12.6 Å². The van der Waals surface area contributed by atoms with E-state index in [1.807, 2.05) is 42.5 Å². The average Bonchev–Trinajstić information content (AvgIpc) is 2.84. The van der Waals surface area contributed by atoms with Crippen LogP contribution in [0.15, 0.2) is 48.5 Å². The number of carbonyl (C=O) groups excluding carboxylic acids is 2. The predicted molar refractivity (Wildman–Crippen MR) is 130 cm³/mol. The molecule has 0 aromatic heterocycles. The molecule has 2 atom stereocenters. The van der Waals surface area contributed by atoms with Gasteiger partial charge in [-0.3, -0.25) is 4.79 Å². The van der Waals surface area contributed by atoms with Crippen molar-refractivity contribution < 1.29 is 28.5 Å². The second kappa shape index (κ2) is 14.1. The Morgan fingerprint density at radius 3 is 2.24 bits per heavy atom. The lowest BCUT2D eigenvalue weighted by molar-refractivity contribution is -0.143. The van der Waals surface area contributed by atoms with Crippen molar-refractivity contribution in [1.29, 1.82) is 0 Å². The Labute approximate surface area is 201 Å². The van der Waals surface area contributed by atoms with E-state index in [0.717, 1.165) is 17.5 Å². The van der Waals surface area contributed by atoms with Crippen LogP contribution in [0.3, 0.4) is 0 Å². The first-order valence-corrected chi connectivity index (χ1v) is 11.4. The molecule has 186 valence electrons. The van der Waals surface area contributed by atoms with Gasteiger partial charge >= 0.3 is 12.1 Å². The fraction of sp³-hybridized carbons (Fsp3) is 0.462. The van der Waals surface area contributed by atoms with E-state index < -0.39 is 12.1 Å². The van der Waals surface area contributed by atoms with Crippen LogP contribution in [0, 0.1) is 5.92 Å². The topological polar surface area (TPSA) is 95.1 Å². The fourth-order valence-electron chi connectivity index (χ4n) is 3.60. The molecule has 2 N–H and O–H groups in total. The van der Waals surface area contributed by atoms with Gasteiger partial charge < -0.3 is 29.6 Å². The summed E-state index contributed by atoms with van der Waals surface area (Å²) < 4.78 is 21.0. The Kier molecular flexibility index (Phi) is 11.2. The van der Waals surface area contributed by atoms with E-state index in [1.54, 1.807) is 20.3 Å². The van der Waals surface area contributed by atoms with Gasteiger partial charge in [0.1, 0.15) is 12.6 Å². The first kappa shape index (κ1) is 27.0. The number of nitrogens with one attached hydrogen (secondary N) is 2. The Morgan fingerprint density at radius 1 is 0.912 bits per heavy atom. The van der Waals surface area contributed by atoms with Gasteiger partial charge in [0.2, 0.25) is 0 Å². The van der Waals surface area contributed by atoms with Crippen LogP contribution in [0.4, 0.5) is 4.79 Å². The van der Waals surface area contributed by atoms with E-state index in [1.165, 1.54) is 7.11 Å². The van der Waals surface area contributed by atoms with Crippen LogP contribution in [-0.2, 0) is 27.3 Å². The number of methoxy groups -OCH3 is 3. The van der Waals surface area contributed by atoms with Crippen molar-refractivity contribution in [2.24, 2.45) is 5.92 Å². The first-order valence-electron chi connectivity index (χ1n) is 11.4. The Balaban J connectivity index is 2.01. The minimum Gasteiger partial charge on any atom is -0.493 e. The number of carbonyl (C=O) groups is 2. The van der Waals surface area contributed by atoms with Crippen LogP contribution in [0.5, 0.6) is 11.5 Å². The van der Waals surface area contributed by atoms with Crippen molar-refractivity contribution in [3.8, 4) is 11.5 Å². The fourth-order valence-corrected chi connectivity index (χ4v) is 3.60. The van der Waals surface area contributed by atoms with Crippen LogP contribution in [0.2, 0.25) is 0 Å². The van der Waals surface area contributed by atoms with Crippen LogP contribution < -0.4 is 20.1 Å². The highest BCUT2D eigenvalue weighted by Crippen LogP contribution is 2.28. The normalized spacial score (nSPS) is 12.5. The number of esters is 1. The van der Waals surface area contributed by atoms with Crippen molar-refractivity contribution in [3.63, 3.8) is 0 Å². The summed E-state index contributed by atoms with van der Waals surface area (Å²) in [6.45, 7) is 4.72. The predicted octanol–water partition coefficient (Wildman–Crippen LogP) is 3.72. The number of hydrogen-bond acceptors (Lipinski definition) is 7. The molecule has 0 saturated carbocycles. The Morgan fingerprint density at radius 2 is 1.62 bits per heavy atom. The zero-order chi connectivity index (χ0) is 24.9. The molecule has 0 aliphatic carbocycles. The molecule has 1 amide bonds. The van der Waals surface area contributed by atoms with Gasteiger partial charge in [0.05, 0.1) is 21.3 Å². The minimum atomic E-state index is -0.597. The first-order chi connectivity index (χ1) is 16.4. The van der Waals surface area contributed by atoms with Gasteiger partial charge in [-0.1, -0.05) is 50.2 Å². The standard InChI is InChI=1S/C26H36N2O6/c1-18(2)13-21(28-26(30)34-17-19-9-7-6-8-10-19)16-27-22(25(29)33-5)14-20-11-12-23(31-3)24(15-20)32-4/h6-12,15,18,21-22,27H,13-14,16-17H2,1-5H3,(H,28,30)/t21-,22-/m0/s1. The summed E-state index contributed by atoms with van der Waals surface area (Å²) in [5, 5.41) is 6.17. The zero-order valence-electron chi connectivity index (χ0n) is 20.6. The molecule has 2 aromatic carbocycles. The highest BCUT2D eigenvalue weighted by Gasteiger charge is 2.23. The monoisotopic (exact) mass is 472 g/mol. The molecule has 0 heterocycles. The molecule has 2 aromatic rings. The lowest BCUT2D eigenvalue weighted by Crippen LogP contribution is -2.48. The van der Waals surface area contributed by atoms with Crippen molar-refractivity contribution >= 4 is 12.1 Å². The Bertz CT molecular complexity index is 903. The molecule has 0 aliphatic rings. The summed E-state index contributed by atoms with van der Waals surface area (Å²) >= 11 is 0. The van der Waals surface area contributed by atoms with Crippen molar-refractivity contribution in [2.45, 2.75) is 45.4 Å². The van der Waals surface area contributed by atoms with E-state index in [4.69, 9.17) is 18.9 Å². The summed E-state index contributed by atoms with van der Waals surface area (Å²) in [4.78, 5) is 24.8. The van der Waals surface area contributed by atoms with Crippen LogP contribution in [-0.4, -0.2) is 52.0 Å². The summed E-state index contributed by atoms with van der Waals surface area (Å²) in [5.41, 5.74) is 1.80. The van der Waals surface area contributed by atoms with E-state index in [2.05, 4.69) is 24.5 Å². The molecular formula is C26H36N2O6.